The number of pyridine rings is 1. The van der Waals surface area contributed by atoms with Gasteiger partial charge in [0.2, 0.25) is 10.0 Å². The van der Waals surface area contributed by atoms with E-state index in [2.05, 4.69) is 16.8 Å². The number of nitrogens with one attached hydrogen (secondary N) is 1. The Balaban J connectivity index is 1.38. The molecule has 3 heterocycles. The molecular formula is C25H29N3O5S. The summed E-state index contributed by atoms with van der Waals surface area (Å²) in [6, 6.07) is 14.0. The molecule has 1 aromatic heterocycles. The van der Waals surface area contributed by atoms with Gasteiger partial charge in [0, 0.05) is 68.9 Å². The first-order valence-corrected chi connectivity index (χ1v) is 12.9. The van der Waals surface area contributed by atoms with Crippen LogP contribution >= 0.6 is 0 Å². The highest BCUT2D eigenvalue weighted by atomic mass is 32.2. The summed E-state index contributed by atoms with van der Waals surface area (Å²) in [5, 5.41) is 9.20. The molecule has 0 radical (unpaired) electrons. The maximum atomic E-state index is 13.4. The predicted molar refractivity (Wildman–Crippen MR) is 126 cm³/mol. The van der Waals surface area contributed by atoms with Crippen molar-refractivity contribution in [1.29, 1.82) is 0 Å². The zero-order chi connectivity index (χ0) is 24.0. The summed E-state index contributed by atoms with van der Waals surface area (Å²) >= 11 is 0. The second-order valence-electron chi connectivity index (χ2n) is 8.66. The first kappa shape index (κ1) is 24.4. The second-order valence-corrected chi connectivity index (χ2v) is 10.9. The Kier molecular flexibility index (Phi) is 7.63. The van der Waals surface area contributed by atoms with Crippen LogP contribution in [0.2, 0.25) is 0 Å². The highest BCUT2D eigenvalue weighted by Crippen LogP contribution is 2.36. The van der Waals surface area contributed by atoms with Gasteiger partial charge in [0.15, 0.2) is 4.75 Å². The third kappa shape index (κ3) is 5.00. The van der Waals surface area contributed by atoms with E-state index in [0.717, 1.165) is 11.3 Å². The molecule has 0 bridgehead atoms. The minimum Gasteiger partial charge on any atom is -0.381 e. The standard InChI is InChI=1S/C25H29N3O5S/c29-24(27-30)25(13-17-33-18-14-25)34(31,32)28-15-11-22(12-16-28)23-10-9-21(19-26-23)8-4-7-20-5-2-1-3-6-20/h1-3,5-6,9-10,19,22,30H,7,11-18H2,(H,27,29). The van der Waals surface area contributed by atoms with Crippen molar-refractivity contribution in [2.75, 3.05) is 26.3 Å². The van der Waals surface area contributed by atoms with Crippen molar-refractivity contribution in [1.82, 2.24) is 14.8 Å². The van der Waals surface area contributed by atoms with Gasteiger partial charge in [-0.05, 0) is 30.5 Å². The number of rotatable bonds is 5. The Bertz CT molecular complexity index is 1140. The van der Waals surface area contributed by atoms with Gasteiger partial charge in [0.25, 0.3) is 5.91 Å². The molecule has 8 nitrogen and oxygen atoms in total. The van der Waals surface area contributed by atoms with Crippen LogP contribution in [0.25, 0.3) is 0 Å². The molecule has 2 N–H and O–H groups in total. The lowest BCUT2D eigenvalue weighted by Crippen LogP contribution is -2.60. The quantitative estimate of drug-likeness (QED) is 0.384. The third-order valence-corrected chi connectivity index (χ3v) is 9.30. The summed E-state index contributed by atoms with van der Waals surface area (Å²) in [5.74, 6) is 5.55. The maximum absolute atomic E-state index is 13.4. The minimum absolute atomic E-state index is 0.0238. The van der Waals surface area contributed by atoms with Crippen LogP contribution in [-0.2, 0) is 26.0 Å². The van der Waals surface area contributed by atoms with E-state index in [1.807, 2.05) is 42.5 Å². The number of carbonyl (C=O) groups is 1. The Morgan fingerprint density at radius 1 is 1.15 bits per heavy atom. The van der Waals surface area contributed by atoms with Gasteiger partial charge < -0.3 is 4.74 Å². The first-order valence-electron chi connectivity index (χ1n) is 11.5. The molecule has 0 aliphatic carbocycles. The van der Waals surface area contributed by atoms with Gasteiger partial charge in [-0.2, -0.15) is 0 Å². The van der Waals surface area contributed by atoms with Crippen LogP contribution in [-0.4, -0.2) is 59.9 Å². The Morgan fingerprint density at radius 2 is 1.85 bits per heavy atom. The average molecular weight is 484 g/mol. The zero-order valence-corrected chi connectivity index (χ0v) is 19.8. The molecule has 2 saturated heterocycles. The summed E-state index contributed by atoms with van der Waals surface area (Å²) < 4.78 is 31.8. The molecule has 2 aromatic rings. The molecule has 34 heavy (non-hydrogen) atoms. The van der Waals surface area contributed by atoms with E-state index < -0.39 is 20.7 Å². The Morgan fingerprint density at radius 3 is 2.47 bits per heavy atom. The summed E-state index contributed by atoms with van der Waals surface area (Å²) in [5.41, 5.74) is 4.49. The molecule has 180 valence electrons. The van der Waals surface area contributed by atoms with Crippen LogP contribution in [0.15, 0.2) is 48.7 Å². The smallest absolute Gasteiger partial charge is 0.266 e. The molecule has 2 aliphatic heterocycles. The van der Waals surface area contributed by atoms with Gasteiger partial charge in [-0.15, -0.1) is 0 Å². The van der Waals surface area contributed by atoms with E-state index in [-0.39, 0.29) is 32.0 Å². The fraction of sp³-hybridized carbons (Fsp3) is 0.440. The average Bonchev–Trinajstić information content (AvgIpc) is 2.89. The van der Waals surface area contributed by atoms with Crippen molar-refractivity contribution >= 4 is 15.9 Å². The predicted octanol–water partition coefficient (Wildman–Crippen LogP) is 2.24. The lowest BCUT2D eigenvalue weighted by atomic mass is 9.94. The summed E-state index contributed by atoms with van der Waals surface area (Å²) in [6.07, 6.45) is 3.71. The fourth-order valence-electron chi connectivity index (χ4n) is 4.61. The number of benzene rings is 1. The van der Waals surface area contributed by atoms with Crippen LogP contribution in [0.1, 0.15) is 48.4 Å². The van der Waals surface area contributed by atoms with Crippen molar-refractivity contribution < 1.29 is 23.2 Å². The number of hydroxylamine groups is 1. The van der Waals surface area contributed by atoms with E-state index in [0.29, 0.717) is 32.4 Å². The number of aromatic nitrogens is 1. The molecule has 1 aromatic carbocycles. The fourth-order valence-corrected chi connectivity index (χ4v) is 6.76. The van der Waals surface area contributed by atoms with Crippen molar-refractivity contribution in [2.24, 2.45) is 0 Å². The lowest BCUT2D eigenvalue weighted by Gasteiger charge is -2.40. The van der Waals surface area contributed by atoms with Gasteiger partial charge in [-0.3, -0.25) is 15.0 Å². The summed E-state index contributed by atoms with van der Waals surface area (Å²) in [7, 11) is -3.96. The zero-order valence-electron chi connectivity index (χ0n) is 18.9. The molecule has 1 amide bonds. The SMILES string of the molecule is O=C(NO)C1(S(=O)(=O)N2CCC(c3ccc(C#CCc4ccccc4)cn3)CC2)CCOCC1. The number of ether oxygens (including phenoxy) is 1. The topological polar surface area (TPSA) is 109 Å². The molecule has 0 saturated carbocycles. The van der Waals surface area contributed by atoms with Crippen molar-refractivity contribution in [3.63, 3.8) is 0 Å². The van der Waals surface area contributed by atoms with Crippen LogP contribution in [0.4, 0.5) is 0 Å². The molecule has 9 heteroatoms. The number of sulfonamides is 1. The Labute approximate surface area is 200 Å². The number of carbonyl (C=O) groups excluding carboxylic acids is 1. The molecule has 2 fully saturated rings. The normalized spacial score (nSPS) is 19.1. The van der Waals surface area contributed by atoms with Crippen molar-refractivity contribution in [3.05, 3.63) is 65.5 Å². The molecule has 0 atom stereocenters. The molecule has 0 spiro atoms. The number of nitrogens with zero attached hydrogens (tertiary/aromatic N) is 2. The monoisotopic (exact) mass is 483 g/mol. The Hall–Kier alpha value is -2.77. The molecule has 0 unspecified atom stereocenters. The maximum Gasteiger partial charge on any atom is 0.266 e. The number of amides is 1. The van der Waals surface area contributed by atoms with Crippen molar-refractivity contribution in [2.45, 2.75) is 42.8 Å². The molecule has 4 rings (SSSR count). The summed E-state index contributed by atoms with van der Waals surface area (Å²) in [6.45, 7) is 0.921. The van der Waals surface area contributed by atoms with E-state index in [9.17, 15) is 18.4 Å². The van der Waals surface area contributed by atoms with E-state index in [1.165, 1.54) is 9.87 Å². The first-order chi connectivity index (χ1) is 16.5. The number of hydrogen-bond acceptors (Lipinski definition) is 6. The van der Waals surface area contributed by atoms with Gasteiger partial charge in [0.05, 0.1) is 0 Å². The molecule has 2 aliphatic rings. The van der Waals surface area contributed by atoms with Gasteiger partial charge >= 0.3 is 0 Å². The largest absolute Gasteiger partial charge is 0.381 e. The highest BCUT2D eigenvalue weighted by Gasteiger charge is 2.54. The van der Waals surface area contributed by atoms with Crippen LogP contribution in [0.5, 0.6) is 0 Å². The number of hydrogen-bond donors (Lipinski definition) is 2. The van der Waals surface area contributed by atoms with Crippen LogP contribution in [0.3, 0.4) is 0 Å². The third-order valence-electron chi connectivity index (χ3n) is 6.68. The van der Waals surface area contributed by atoms with E-state index in [4.69, 9.17) is 4.74 Å². The lowest BCUT2D eigenvalue weighted by molar-refractivity contribution is -0.134. The van der Waals surface area contributed by atoms with Crippen molar-refractivity contribution in [3.8, 4) is 11.8 Å². The second kappa shape index (κ2) is 10.7. The van der Waals surface area contributed by atoms with Gasteiger partial charge in [0.1, 0.15) is 0 Å². The summed E-state index contributed by atoms with van der Waals surface area (Å²) in [4.78, 5) is 17.0. The van der Waals surface area contributed by atoms with Gasteiger partial charge in [-0.25, -0.2) is 18.2 Å². The van der Waals surface area contributed by atoms with E-state index in [1.54, 1.807) is 11.7 Å². The number of piperidine rings is 1. The van der Waals surface area contributed by atoms with Crippen LogP contribution in [0, 0.1) is 11.8 Å². The minimum atomic E-state index is -3.96. The molecular weight excluding hydrogens is 454 g/mol. The van der Waals surface area contributed by atoms with Gasteiger partial charge in [-0.1, -0.05) is 42.2 Å². The van der Waals surface area contributed by atoms with E-state index >= 15 is 0 Å². The van der Waals surface area contributed by atoms with Crippen LogP contribution < -0.4 is 5.48 Å². The highest BCUT2D eigenvalue weighted by molar-refractivity contribution is 7.91.